The summed E-state index contributed by atoms with van der Waals surface area (Å²) in [6.45, 7) is 2.11. The fraction of sp³-hybridized carbons (Fsp3) is 0.773. The minimum absolute atomic E-state index is 0.0233. The van der Waals surface area contributed by atoms with E-state index in [9.17, 15) is 45.6 Å². The Labute approximate surface area is 210 Å². The van der Waals surface area contributed by atoms with E-state index < -0.39 is 98.4 Å². The van der Waals surface area contributed by atoms with E-state index in [1.807, 2.05) is 0 Å². The molecule has 3 saturated heterocycles. The molecule has 0 aromatic heterocycles. The topological polar surface area (TPSA) is 234 Å². The molecule has 13 atom stereocenters. The predicted octanol–water partition coefficient (Wildman–Crippen LogP) is -4.65. The molecule has 4 rings (SSSR count). The van der Waals surface area contributed by atoms with Gasteiger partial charge in [-0.15, -0.1) is 6.58 Å². The van der Waals surface area contributed by atoms with Gasteiger partial charge in [0.15, 0.2) is 12.6 Å². The highest BCUT2D eigenvalue weighted by atomic mass is 16.8. The first-order valence-electron chi connectivity index (χ1n) is 11.7. The first-order chi connectivity index (χ1) is 17.6. The van der Waals surface area contributed by atoms with E-state index in [4.69, 9.17) is 28.4 Å². The molecule has 4 aliphatic heterocycles. The fourth-order valence-corrected chi connectivity index (χ4v) is 4.85. The van der Waals surface area contributed by atoms with Crippen LogP contribution in [0, 0.1) is 5.92 Å². The van der Waals surface area contributed by atoms with Crippen LogP contribution in [0.25, 0.3) is 0 Å². The van der Waals surface area contributed by atoms with Gasteiger partial charge in [-0.25, -0.2) is 4.79 Å². The molecule has 3 fully saturated rings. The summed E-state index contributed by atoms with van der Waals surface area (Å²) in [6, 6.07) is 0. The molecule has 15 heteroatoms. The largest absolute Gasteiger partial charge is 0.471 e. The number of rotatable bonds is 7. The van der Waals surface area contributed by atoms with Crippen LogP contribution in [-0.2, 0) is 33.2 Å². The molecule has 0 aliphatic carbocycles. The molecule has 0 radical (unpaired) electrons. The third-order valence-corrected chi connectivity index (χ3v) is 7.05. The highest BCUT2D eigenvalue weighted by Gasteiger charge is 2.55. The van der Waals surface area contributed by atoms with Crippen LogP contribution >= 0.6 is 0 Å². The summed E-state index contributed by atoms with van der Waals surface area (Å²) in [4.78, 5) is 12.1. The number of cyclic esters (lactones) is 1. The van der Waals surface area contributed by atoms with Crippen LogP contribution in [-0.4, -0.2) is 140 Å². The van der Waals surface area contributed by atoms with Crippen LogP contribution in [0.3, 0.4) is 0 Å². The van der Waals surface area contributed by atoms with E-state index in [1.165, 1.54) is 6.08 Å². The summed E-state index contributed by atoms with van der Waals surface area (Å²) in [5, 5.41) is 82.0. The van der Waals surface area contributed by atoms with Crippen molar-refractivity contribution in [1.29, 1.82) is 0 Å². The molecular weight excluding hydrogens is 504 g/mol. The zero-order valence-corrected chi connectivity index (χ0v) is 19.6. The average Bonchev–Trinajstić information content (AvgIpc) is 2.88. The van der Waals surface area contributed by atoms with E-state index in [1.54, 1.807) is 0 Å². The van der Waals surface area contributed by atoms with Crippen molar-refractivity contribution in [2.45, 2.75) is 79.7 Å². The first-order valence-corrected chi connectivity index (χ1v) is 11.7. The summed E-state index contributed by atoms with van der Waals surface area (Å²) in [6.07, 6.45) is -15.3. The van der Waals surface area contributed by atoms with Crippen molar-refractivity contribution in [3.05, 3.63) is 24.5 Å². The van der Waals surface area contributed by atoms with Crippen LogP contribution in [0.5, 0.6) is 0 Å². The van der Waals surface area contributed by atoms with E-state index in [-0.39, 0.29) is 18.6 Å². The number of carbonyl (C=O) groups is 1. The van der Waals surface area contributed by atoms with Crippen molar-refractivity contribution in [3.8, 4) is 0 Å². The standard InChI is InChI=1S/C22H32O15/c1-2-8-19(33-7-9-18(30)32-4-3-22(8,9)31)37-21-16(29)14(27)17(11(6-24)35-21)36-20-15(28)13(26)12(25)10(5-23)34-20/h2,7-8,10-17,19-21,23-29,31H,1,3-6H2/t8-,10+,11+,12+,13-,14+,15+,16+,17+,19-,20-,21-,22+/m0/s1. The van der Waals surface area contributed by atoms with Gasteiger partial charge in [-0.2, -0.15) is 0 Å². The molecule has 8 N–H and O–H groups in total. The number of carbonyl (C=O) groups excluding carboxylic acids is 1. The van der Waals surface area contributed by atoms with Gasteiger partial charge >= 0.3 is 5.97 Å². The van der Waals surface area contributed by atoms with Gasteiger partial charge in [0.2, 0.25) is 6.29 Å². The summed E-state index contributed by atoms with van der Waals surface area (Å²) in [5.74, 6) is -1.78. The minimum atomic E-state index is -1.82. The molecule has 0 aromatic rings. The van der Waals surface area contributed by atoms with Crippen LogP contribution in [0.2, 0.25) is 0 Å². The lowest BCUT2D eigenvalue weighted by molar-refractivity contribution is -0.375. The fourth-order valence-electron chi connectivity index (χ4n) is 4.85. The minimum Gasteiger partial charge on any atom is -0.471 e. The van der Waals surface area contributed by atoms with Crippen molar-refractivity contribution < 1.29 is 74.1 Å². The number of aliphatic hydroxyl groups excluding tert-OH is 7. The molecule has 0 bridgehead atoms. The Morgan fingerprint density at radius 2 is 1.54 bits per heavy atom. The second-order valence-corrected chi connectivity index (χ2v) is 9.25. The quantitative estimate of drug-likeness (QED) is 0.113. The maximum absolute atomic E-state index is 12.1. The lowest BCUT2D eigenvalue weighted by Crippen LogP contribution is -2.65. The molecule has 0 amide bonds. The van der Waals surface area contributed by atoms with Gasteiger partial charge in [0, 0.05) is 6.42 Å². The number of ether oxygens (including phenoxy) is 6. The number of fused-ring (bicyclic) bond motifs is 1. The maximum Gasteiger partial charge on any atom is 0.340 e. The Kier molecular flexibility index (Phi) is 8.54. The molecule has 0 spiro atoms. The van der Waals surface area contributed by atoms with Gasteiger partial charge in [0.1, 0.15) is 60.0 Å². The van der Waals surface area contributed by atoms with Gasteiger partial charge < -0.3 is 69.3 Å². The lowest BCUT2D eigenvalue weighted by Gasteiger charge is -2.48. The van der Waals surface area contributed by atoms with Gasteiger partial charge in [-0.05, 0) is 0 Å². The normalized spacial score (nSPS) is 48.3. The molecule has 4 aliphatic rings. The molecule has 4 heterocycles. The first kappa shape index (κ1) is 28.3. The second-order valence-electron chi connectivity index (χ2n) is 9.25. The Bertz CT molecular complexity index is 863. The maximum atomic E-state index is 12.1. The third-order valence-electron chi connectivity index (χ3n) is 7.05. The van der Waals surface area contributed by atoms with Crippen molar-refractivity contribution in [1.82, 2.24) is 0 Å². The van der Waals surface area contributed by atoms with E-state index in [0.29, 0.717) is 0 Å². The van der Waals surface area contributed by atoms with E-state index in [2.05, 4.69) is 6.58 Å². The summed E-state index contributed by atoms with van der Waals surface area (Å²) >= 11 is 0. The molecule has 0 aromatic carbocycles. The monoisotopic (exact) mass is 536 g/mol. The van der Waals surface area contributed by atoms with Crippen LogP contribution in [0.1, 0.15) is 6.42 Å². The van der Waals surface area contributed by atoms with Crippen molar-refractivity contribution in [3.63, 3.8) is 0 Å². The van der Waals surface area contributed by atoms with Crippen LogP contribution < -0.4 is 0 Å². The molecular formula is C22H32O15. The Balaban J connectivity index is 1.48. The predicted molar refractivity (Wildman–Crippen MR) is 115 cm³/mol. The molecule has 0 unspecified atom stereocenters. The van der Waals surface area contributed by atoms with Gasteiger partial charge in [-0.3, -0.25) is 0 Å². The zero-order chi connectivity index (χ0) is 27.1. The van der Waals surface area contributed by atoms with Crippen molar-refractivity contribution in [2.75, 3.05) is 19.8 Å². The van der Waals surface area contributed by atoms with Gasteiger partial charge in [0.25, 0.3) is 0 Å². The second kappa shape index (κ2) is 11.2. The SMILES string of the molecule is C=C[C@H]1[C@H](O[C@@H]2O[C@H](CO)[C@@H](O[C@@H]3O[C@H](CO)[C@@H](O)[C@H](O)[C@H]3O)[C@H](O)[C@H]2O)OC=C2C(=O)OCC[C@]21O. The molecule has 0 saturated carbocycles. The van der Waals surface area contributed by atoms with Crippen molar-refractivity contribution in [2.24, 2.45) is 5.92 Å². The summed E-state index contributed by atoms with van der Waals surface area (Å²) in [5.41, 5.74) is -1.86. The number of aliphatic hydroxyl groups is 8. The van der Waals surface area contributed by atoms with Gasteiger partial charge in [0.05, 0.1) is 32.0 Å². The molecule has 210 valence electrons. The highest BCUT2D eigenvalue weighted by Crippen LogP contribution is 2.42. The highest BCUT2D eigenvalue weighted by molar-refractivity contribution is 5.91. The third kappa shape index (κ3) is 5.03. The lowest BCUT2D eigenvalue weighted by atomic mass is 9.76. The smallest absolute Gasteiger partial charge is 0.340 e. The summed E-state index contributed by atoms with van der Waals surface area (Å²) in [7, 11) is 0. The Morgan fingerprint density at radius 3 is 2.19 bits per heavy atom. The number of hydrogen-bond donors (Lipinski definition) is 8. The number of esters is 1. The molecule has 37 heavy (non-hydrogen) atoms. The van der Waals surface area contributed by atoms with Crippen LogP contribution in [0.15, 0.2) is 24.5 Å². The van der Waals surface area contributed by atoms with Crippen LogP contribution in [0.4, 0.5) is 0 Å². The van der Waals surface area contributed by atoms with Gasteiger partial charge in [-0.1, -0.05) is 6.08 Å². The molecule has 15 nitrogen and oxygen atoms in total. The summed E-state index contributed by atoms with van der Waals surface area (Å²) < 4.78 is 32.4. The van der Waals surface area contributed by atoms with E-state index >= 15 is 0 Å². The Hall–Kier alpha value is -1.73. The average molecular weight is 536 g/mol. The Morgan fingerprint density at radius 1 is 0.919 bits per heavy atom. The van der Waals surface area contributed by atoms with Crippen molar-refractivity contribution >= 4 is 5.97 Å². The zero-order valence-electron chi connectivity index (χ0n) is 19.6. The number of hydrogen-bond acceptors (Lipinski definition) is 15. The van der Waals surface area contributed by atoms with E-state index in [0.717, 1.165) is 6.26 Å².